The van der Waals surface area contributed by atoms with Crippen molar-refractivity contribution >= 4 is 34.9 Å². The summed E-state index contributed by atoms with van der Waals surface area (Å²) in [5.74, 6) is 0. The van der Waals surface area contributed by atoms with Gasteiger partial charge in [-0.1, -0.05) is 17.7 Å². The SMILES string of the molecule is FC(F)(F)CCCn1c(=S)[nH]c2cccc(Cl)c21. The Bertz CT molecular complexity index is 615. The van der Waals surface area contributed by atoms with Gasteiger partial charge in [-0.2, -0.15) is 13.2 Å². The zero-order valence-corrected chi connectivity index (χ0v) is 10.8. The number of fused-ring (bicyclic) bond motifs is 1. The van der Waals surface area contributed by atoms with Crippen LogP contribution in [0.15, 0.2) is 18.2 Å². The van der Waals surface area contributed by atoms with Crippen LogP contribution in [0.2, 0.25) is 5.02 Å². The molecule has 0 amide bonds. The van der Waals surface area contributed by atoms with Crippen molar-refractivity contribution in [3.05, 3.63) is 28.0 Å². The smallest absolute Gasteiger partial charge is 0.331 e. The minimum absolute atomic E-state index is 0.0179. The molecule has 2 rings (SSSR count). The molecule has 1 N–H and O–H groups in total. The molecule has 0 saturated heterocycles. The van der Waals surface area contributed by atoms with Crippen LogP contribution in [0.1, 0.15) is 12.8 Å². The summed E-state index contributed by atoms with van der Waals surface area (Å²) >= 11 is 11.1. The van der Waals surface area contributed by atoms with E-state index < -0.39 is 12.6 Å². The third-order valence-corrected chi connectivity index (χ3v) is 3.21. The van der Waals surface area contributed by atoms with Crippen LogP contribution in [0.3, 0.4) is 0 Å². The first-order valence-electron chi connectivity index (χ1n) is 5.32. The normalized spacial score (nSPS) is 12.2. The number of nitrogens with one attached hydrogen (secondary N) is 1. The molecule has 0 atom stereocenters. The Morgan fingerprint density at radius 2 is 2.06 bits per heavy atom. The maximum atomic E-state index is 12.1. The maximum Gasteiger partial charge on any atom is 0.389 e. The predicted molar refractivity (Wildman–Crippen MR) is 67.4 cm³/mol. The lowest BCUT2D eigenvalue weighted by atomic mass is 10.3. The minimum atomic E-state index is -4.14. The van der Waals surface area contributed by atoms with E-state index in [0.717, 1.165) is 5.52 Å². The Morgan fingerprint density at radius 3 is 2.72 bits per heavy atom. The predicted octanol–water partition coefficient (Wildman–Crippen LogP) is 4.69. The summed E-state index contributed by atoms with van der Waals surface area (Å²) in [5.41, 5.74) is 1.39. The van der Waals surface area contributed by atoms with E-state index in [1.54, 1.807) is 22.8 Å². The van der Waals surface area contributed by atoms with Crippen LogP contribution < -0.4 is 0 Å². The number of nitrogens with zero attached hydrogens (tertiary/aromatic N) is 1. The number of benzene rings is 1. The molecule has 7 heteroatoms. The number of H-pyrrole nitrogens is 1. The number of rotatable bonds is 3. The van der Waals surface area contributed by atoms with Gasteiger partial charge >= 0.3 is 6.18 Å². The third-order valence-electron chi connectivity index (χ3n) is 2.59. The van der Waals surface area contributed by atoms with Crippen molar-refractivity contribution in [2.75, 3.05) is 0 Å². The van der Waals surface area contributed by atoms with Gasteiger partial charge in [0, 0.05) is 13.0 Å². The number of hydrogen-bond acceptors (Lipinski definition) is 1. The van der Waals surface area contributed by atoms with Crippen molar-refractivity contribution in [2.45, 2.75) is 25.6 Å². The number of hydrogen-bond donors (Lipinski definition) is 1. The van der Waals surface area contributed by atoms with E-state index >= 15 is 0 Å². The maximum absolute atomic E-state index is 12.1. The van der Waals surface area contributed by atoms with Crippen LogP contribution >= 0.6 is 23.8 Å². The molecule has 2 nitrogen and oxygen atoms in total. The van der Waals surface area contributed by atoms with Gasteiger partial charge < -0.3 is 9.55 Å². The van der Waals surface area contributed by atoms with Crippen LogP contribution in [0, 0.1) is 4.77 Å². The second kappa shape index (κ2) is 4.93. The van der Waals surface area contributed by atoms with E-state index in [0.29, 0.717) is 15.3 Å². The Kier molecular flexibility index (Phi) is 3.68. The fourth-order valence-corrected chi connectivity index (χ4v) is 2.39. The number of halogens is 4. The molecule has 1 aromatic heterocycles. The zero-order chi connectivity index (χ0) is 13.3. The second-order valence-electron chi connectivity index (χ2n) is 3.94. The molecule has 0 bridgehead atoms. The van der Waals surface area contributed by atoms with Crippen LogP contribution in [-0.2, 0) is 6.54 Å². The van der Waals surface area contributed by atoms with Gasteiger partial charge in [0.05, 0.1) is 16.1 Å². The van der Waals surface area contributed by atoms with Crippen LogP contribution in [0.25, 0.3) is 11.0 Å². The highest BCUT2D eigenvalue weighted by atomic mass is 35.5. The number of aromatic nitrogens is 2. The first-order chi connectivity index (χ1) is 8.38. The lowest BCUT2D eigenvalue weighted by Crippen LogP contribution is -2.09. The van der Waals surface area contributed by atoms with E-state index in [2.05, 4.69) is 4.98 Å². The summed E-state index contributed by atoms with van der Waals surface area (Å²) in [5, 5.41) is 0.479. The van der Waals surface area contributed by atoms with Crippen molar-refractivity contribution < 1.29 is 13.2 Å². The van der Waals surface area contributed by atoms with Gasteiger partial charge in [-0.05, 0) is 30.8 Å². The van der Waals surface area contributed by atoms with Crippen molar-refractivity contribution in [3.63, 3.8) is 0 Å². The average Bonchev–Trinajstić information content (AvgIpc) is 2.55. The molecule has 18 heavy (non-hydrogen) atoms. The molecule has 0 spiro atoms. The quantitative estimate of drug-likeness (QED) is 0.814. The topological polar surface area (TPSA) is 20.7 Å². The summed E-state index contributed by atoms with van der Waals surface area (Å²) in [7, 11) is 0. The number of imidazole rings is 1. The van der Waals surface area contributed by atoms with Gasteiger partial charge in [-0.25, -0.2) is 0 Å². The molecule has 0 fully saturated rings. The Labute approximate surface area is 111 Å². The molecule has 0 aliphatic heterocycles. The van der Waals surface area contributed by atoms with Crippen LogP contribution in [0.4, 0.5) is 13.2 Å². The Hall–Kier alpha value is -1.01. The summed E-state index contributed by atoms with van der Waals surface area (Å²) in [4.78, 5) is 2.93. The van der Waals surface area contributed by atoms with E-state index in [-0.39, 0.29) is 13.0 Å². The summed E-state index contributed by atoms with van der Waals surface area (Å²) in [6.07, 6.45) is -4.99. The number of para-hydroxylation sites is 1. The molecule has 0 saturated carbocycles. The summed E-state index contributed by atoms with van der Waals surface area (Å²) in [6, 6.07) is 5.24. The highest BCUT2D eigenvalue weighted by molar-refractivity contribution is 7.71. The zero-order valence-electron chi connectivity index (χ0n) is 9.22. The largest absolute Gasteiger partial charge is 0.389 e. The Morgan fingerprint density at radius 1 is 1.33 bits per heavy atom. The first kappa shape index (κ1) is 13.4. The molecule has 0 unspecified atom stereocenters. The highest BCUT2D eigenvalue weighted by Gasteiger charge is 2.26. The standard InChI is InChI=1S/C11H10ClF3N2S/c12-7-3-1-4-8-9(7)17(10(18)16-8)6-2-5-11(13,14)15/h1,3-4H,2,5-6H2,(H,16,18). The molecule has 0 aliphatic rings. The van der Waals surface area contributed by atoms with Crippen LogP contribution in [-0.4, -0.2) is 15.7 Å². The van der Waals surface area contributed by atoms with Gasteiger partial charge in [-0.3, -0.25) is 0 Å². The molecular formula is C11H10ClF3N2S. The van der Waals surface area contributed by atoms with Crippen molar-refractivity contribution in [3.8, 4) is 0 Å². The fraction of sp³-hybridized carbons (Fsp3) is 0.364. The molecule has 1 aromatic carbocycles. The second-order valence-corrected chi connectivity index (χ2v) is 4.73. The first-order valence-corrected chi connectivity index (χ1v) is 6.11. The highest BCUT2D eigenvalue weighted by Crippen LogP contribution is 2.25. The molecule has 2 aromatic rings. The lowest BCUT2D eigenvalue weighted by molar-refractivity contribution is -0.135. The average molecular weight is 295 g/mol. The van der Waals surface area contributed by atoms with Crippen LogP contribution in [0.5, 0.6) is 0 Å². The van der Waals surface area contributed by atoms with E-state index in [9.17, 15) is 13.2 Å². The summed E-state index contributed by atoms with van der Waals surface area (Å²) in [6.45, 7) is 0.197. The van der Waals surface area contributed by atoms with Crippen molar-refractivity contribution in [1.29, 1.82) is 0 Å². The third kappa shape index (κ3) is 2.87. The van der Waals surface area contributed by atoms with Gasteiger partial charge in [-0.15, -0.1) is 0 Å². The van der Waals surface area contributed by atoms with Gasteiger partial charge in [0.15, 0.2) is 4.77 Å². The van der Waals surface area contributed by atoms with E-state index in [4.69, 9.17) is 23.8 Å². The molecule has 98 valence electrons. The molecular weight excluding hydrogens is 285 g/mol. The number of aryl methyl sites for hydroxylation is 1. The van der Waals surface area contributed by atoms with Gasteiger partial charge in [0.1, 0.15) is 0 Å². The molecule has 1 heterocycles. The number of alkyl halides is 3. The van der Waals surface area contributed by atoms with Gasteiger partial charge in [0.25, 0.3) is 0 Å². The van der Waals surface area contributed by atoms with E-state index in [1.807, 2.05) is 0 Å². The Balaban J connectivity index is 2.28. The van der Waals surface area contributed by atoms with Crippen molar-refractivity contribution in [2.24, 2.45) is 0 Å². The number of aromatic amines is 1. The lowest BCUT2D eigenvalue weighted by Gasteiger charge is -2.08. The monoisotopic (exact) mass is 294 g/mol. The minimum Gasteiger partial charge on any atom is -0.331 e. The van der Waals surface area contributed by atoms with Gasteiger partial charge in [0.2, 0.25) is 0 Å². The molecule has 0 aliphatic carbocycles. The fourth-order valence-electron chi connectivity index (χ4n) is 1.83. The van der Waals surface area contributed by atoms with E-state index in [1.165, 1.54) is 0 Å². The van der Waals surface area contributed by atoms with Crippen molar-refractivity contribution in [1.82, 2.24) is 9.55 Å². The summed E-state index contributed by atoms with van der Waals surface area (Å²) < 4.78 is 38.3. The molecule has 0 radical (unpaired) electrons.